The van der Waals surface area contributed by atoms with Crippen LogP contribution in [0.15, 0.2) is 65.6 Å². The second-order valence-corrected chi connectivity index (χ2v) is 9.27. The Morgan fingerprint density at radius 1 is 1.10 bits per heavy atom. The maximum atomic E-state index is 12.0. The van der Waals surface area contributed by atoms with Crippen LogP contribution in [-0.4, -0.2) is 31.0 Å². The molecule has 8 heteroatoms. The molecule has 1 heterocycles. The molecule has 5 nitrogen and oxygen atoms in total. The van der Waals surface area contributed by atoms with Crippen LogP contribution in [0, 0.1) is 0 Å². The minimum Gasteiger partial charge on any atom is -0.342 e. The molecule has 3 aromatic rings. The molecule has 1 fully saturated rings. The topological polar surface area (TPSA) is 72.8 Å². The zero-order valence-corrected chi connectivity index (χ0v) is 18.4. The molecule has 1 N–H and O–H groups in total. The van der Waals surface area contributed by atoms with Gasteiger partial charge in [-0.1, -0.05) is 70.0 Å². The van der Waals surface area contributed by atoms with Crippen molar-refractivity contribution in [2.24, 2.45) is 0 Å². The van der Waals surface area contributed by atoms with E-state index >= 15 is 0 Å². The summed E-state index contributed by atoms with van der Waals surface area (Å²) in [5.41, 5.74) is 1.33. The predicted octanol–water partition coefficient (Wildman–Crippen LogP) is 4.95. The summed E-state index contributed by atoms with van der Waals surface area (Å²) < 4.78 is 45.9. The van der Waals surface area contributed by atoms with Crippen LogP contribution in [-0.2, 0) is 31.8 Å². The van der Waals surface area contributed by atoms with Gasteiger partial charge in [0.15, 0.2) is 0 Å². The maximum Gasteiger partial charge on any atom is 0.294 e. The molecular formula is C21H18BrClO5S. The van der Waals surface area contributed by atoms with Crippen molar-refractivity contribution in [2.45, 2.75) is 23.2 Å². The van der Waals surface area contributed by atoms with E-state index in [0.29, 0.717) is 15.9 Å². The van der Waals surface area contributed by atoms with Gasteiger partial charge in [-0.15, -0.1) is 0 Å². The van der Waals surface area contributed by atoms with Gasteiger partial charge < -0.3 is 9.47 Å². The molecule has 0 bridgehead atoms. The van der Waals surface area contributed by atoms with E-state index in [-0.39, 0.29) is 17.9 Å². The zero-order valence-electron chi connectivity index (χ0n) is 15.2. The molecule has 0 aromatic heterocycles. The highest BCUT2D eigenvalue weighted by molar-refractivity contribution is 9.09. The summed E-state index contributed by atoms with van der Waals surface area (Å²) in [6.45, 7) is 0.280. The number of alkyl halides is 1. The number of halogens is 2. The van der Waals surface area contributed by atoms with Crippen LogP contribution in [0.4, 0.5) is 0 Å². The summed E-state index contributed by atoms with van der Waals surface area (Å²) >= 11 is 9.45. The fourth-order valence-corrected chi connectivity index (χ4v) is 5.15. The summed E-state index contributed by atoms with van der Waals surface area (Å²) in [4.78, 5) is -0.109. The Bertz CT molecular complexity index is 1150. The molecular weight excluding hydrogens is 480 g/mol. The van der Waals surface area contributed by atoms with Crippen molar-refractivity contribution in [1.82, 2.24) is 0 Å². The van der Waals surface area contributed by atoms with Gasteiger partial charge in [-0.25, -0.2) is 0 Å². The first-order valence-corrected chi connectivity index (χ1v) is 11.9. The maximum absolute atomic E-state index is 12.0. The highest BCUT2D eigenvalue weighted by Crippen LogP contribution is 2.38. The van der Waals surface area contributed by atoms with Crippen LogP contribution in [0.2, 0.25) is 5.02 Å². The fraction of sp³-hybridized carbons (Fsp3) is 0.238. The largest absolute Gasteiger partial charge is 0.342 e. The fourth-order valence-electron chi connectivity index (χ4n) is 3.66. The molecule has 2 atom stereocenters. The number of hydrogen-bond donors (Lipinski definition) is 1. The van der Waals surface area contributed by atoms with Crippen LogP contribution in [0.25, 0.3) is 10.8 Å². The summed E-state index contributed by atoms with van der Waals surface area (Å²) in [5.74, 6) is -0.988. The highest BCUT2D eigenvalue weighted by Gasteiger charge is 2.43. The SMILES string of the molecule is O=S(=O)(O)c1ccc2ccccc2c1C[C@@H]1CO[C@](CBr)(c2ccc(Cl)cc2)O1. The lowest BCUT2D eigenvalue weighted by Gasteiger charge is -2.26. The van der Waals surface area contributed by atoms with E-state index in [2.05, 4.69) is 15.9 Å². The zero-order chi connectivity index (χ0) is 20.6. The van der Waals surface area contributed by atoms with Crippen molar-refractivity contribution in [1.29, 1.82) is 0 Å². The molecule has 0 radical (unpaired) electrons. The summed E-state index contributed by atoms with van der Waals surface area (Å²) in [6, 6.07) is 17.8. The molecule has 0 spiro atoms. The van der Waals surface area contributed by atoms with E-state index in [1.54, 1.807) is 18.2 Å². The van der Waals surface area contributed by atoms with Crippen LogP contribution in [0.5, 0.6) is 0 Å². The van der Waals surface area contributed by atoms with E-state index < -0.39 is 22.0 Å². The van der Waals surface area contributed by atoms with Crippen molar-refractivity contribution in [3.8, 4) is 0 Å². The van der Waals surface area contributed by atoms with Gasteiger partial charge >= 0.3 is 0 Å². The van der Waals surface area contributed by atoms with Crippen molar-refractivity contribution in [3.63, 3.8) is 0 Å². The molecule has 1 aliphatic heterocycles. The third-order valence-electron chi connectivity index (χ3n) is 5.03. The van der Waals surface area contributed by atoms with Crippen LogP contribution < -0.4 is 0 Å². The van der Waals surface area contributed by atoms with Crippen molar-refractivity contribution in [3.05, 3.63) is 76.8 Å². The molecule has 0 aliphatic carbocycles. The quantitative estimate of drug-likeness (QED) is 0.399. The van der Waals surface area contributed by atoms with Crippen molar-refractivity contribution in [2.75, 3.05) is 11.9 Å². The predicted molar refractivity (Wildman–Crippen MR) is 115 cm³/mol. The molecule has 1 aliphatic rings. The van der Waals surface area contributed by atoms with Crippen LogP contribution in [0.3, 0.4) is 0 Å². The van der Waals surface area contributed by atoms with E-state index in [1.807, 2.05) is 36.4 Å². The molecule has 0 amide bonds. The van der Waals surface area contributed by atoms with E-state index in [1.165, 1.54) is 6.07 Å². The number of benzene rings is 3. The molecule has 1 saturated heterocycles. The molecule has 0 unspecified atom stereocenters. The normalized spacial score (nSPS) is 22.2. The minimum absolute atomic E-state index is 0.109. The Kier molecular flexibility index (Phi) is 5.72. The molecule has 0 saturated carbocycles. The van der Waals surface area contributed by atoms with Gasteiger partial charge in [0.1, 0.15) is 0 Å². The van der Waals surface area contributed by atoms with E-state index in [0.717, 1.165) is 16.3 Å². The highest BCUT2D eigenvalue weighted by atomic mass is 79.9. The minimum atomic E-state index is -4.38. The van der Waals surface area contributed by atoms with Gasteiger partial charge in [0.05, 0.1) is 22.9 Å². The first kappa shape index (κ1) is 20.8. The Morgan fingerprint density at radius 2 is 1.83 bits per heavy atom. The molecule has 4 rings (SSSR count). The van der Waals surface area contributed by atoms with Gasteiger partial charge in [-0.05, 0) is 34.5 Å². The van der Waals surface area contributed by atoms with Crippen LogP contribution >= 0.6 is 27.5 Å². The lowest BCUT2D eigenvalue weighted by molar-refractivity contribution is -0.156. The number of rotatable bonds is 5. The van der Waals surface area contributed by atoms with Crippen molar-refractivity contribution < 1.29 is 22.4 Å². The number of fused-ring (bicyclic) bond motifs is 1. The monoisotopic (exact) mass is 496 g/mol. The number of hydrogen-bond acceptors (Lipinski definition) is 4. The standard InChI is InChI=1S/C21H18BrClO5S/c22-13-21(15-6-8-16(23)9-7-15)27-12-17(28-21)11-19-18-4-2-1-3-14(18)5-10-20(19)29(24,25)26/h1-10,17H,11-13H2,(H,24,25,26)/t17-,21+/m1/s1. The first-order chi connectivity index (χ1) is 13.8. The lowest BCUT2D eigenvalue weighted by atomic mass is 10.00. The average molecular weight is 498 g/mol. The van der Waals surface area contributed by atoms with E-state index in [4.69, 9.17) is 21.1 Å². The third-order valence-corrected chi connectivity index (χ3v) is 6.96. The van der Waals surface area contributed by atoms with Gasteiger partial charge in [0, 0.05) is 17.0 Å². The number of ether oxygens (including phenoxy) is 2. The van der Waals surface area contributed by atoms with Gasteiger partial charge in [0.2, 0.25) is 5.79 Å². The Morgan fingerprint density at radius 3 is 2.52 bits per heavy atom. The van der Waals surface area contributed by atoms with Crippen molar-refractivity contribution >= 4 is 48.4 Å². The smallest absolute Gasteiger partial charge is 0.294 e. The summed E-state index contributed by atoms with van der Waals surface area (Å²) in [6.07, 6.45) is -0.117. The van der Waals surface area contributed by atoms with Gasteiger partial charge in [-0.3, -0.25) is 4.55 Å². The Hall–Kier alpha value is -1.48. The molecule has 152 valence electrons. The summed E-state index contributed by atoms with van der Waals surface area (Å²) in [7, 11) is -4.38. The first-order valence-electron chi connectivity index (χ1n) is 8.94. The van der Waals surface area contributed by atoms with E-state index in [9.17, 15) is 13.0 Å². The second-order valence-electron chi connectivity index (χ2n) is 6.89. The second kappa shape index (κ2) is 7.98. The molecule has 29 heavy (non-hydrogen) atoms. The average Bonchev–Trinajstić information content (AvgIpc) is 3.12. The summed E-state index contributed by atoms with van der Waals surface area (Å²) in [5, 5.41) is 2.66. The Balaban J connectivity index is 1.70. The third kappa shape index (κ3) is 4.08. The Labute approximate surface area is 182 Å². The molecule has 3 aromatic carbocycles. The lowest BCUT2D eigenvalue weighted by Crippen LogP contribution is -2.30. The van der Waals surface area contributed by atoms with Crippen LogP contribution in [0.1, 0.15) is 11.1 Å². The van der Waals surface area contributed by atoms with Gasteiger partial charge in [-0.2, -0.15) is 8.42 Å². The van der Waals surface area contributed by atoms with Gasteiger partial charge in [0.25, 0.3) is 10.1 Å².